The summed E-state index contributed by atoms with van der Waals surface area (Å²) >= 11 is 1.29. The molecule has 1 N–H and O–H groups in total. The quantitative estimate of drug-likeness (QED) is 0.524. The summed E-state index contributed by atoms with van der Waals surface area (Å²) in [6.45, 7) is 2.22. The summed E-state index contributed by atoms with van der Waals surface area (Å²) in [7, 11) is 3.43. The van der Waals surface area contributed by atoms with E-state index in [2.05, 4.69) is 15.5 Å². The topological polar surface area (TPSA) is 78.3 Å². The van der Waals surface area contributed by atoms with Crippen molar-refractivity contribution in [3.63, 3.8) is 0 Å². The first-order chi connectivity index (χ1) is 14.5. The number of hydrogen-bond acceptors (Lipinski definition) is 6. The molecule has 2 aromatic carbocycles. The van der Waals surface area contributed by atoms with Gasteiger partial charge < -0.3 is 19.4 Å². The van der Waals surface area contributed by atoms with Gasteiger partial charge in [-0.15, -0.1) is 10.2 Å². The van der Waals surface area contributed by atoms with Crippen LogP contribution >= 0.6 is 11.8 Å². The standard InChI is InChI=1S/C21H23FN4O3S/c1-14(29-18-6-4-5-17(11-18)28-3)20-24-25-21(26(20)2)30-13-19(27)23-12-15-7-9-16(22)10-8-15/h4-11,14H,12-13H2,1-3H3,(H,23,27). The number of thioether (sulfide) groups is 1. The van der Waals surface area contributed by atoms with E-state index in [1.54, 1.807) is 25.3 Å². The van der Waals surface area contributed by atoms with Crippen LogP contribution in [0.15, 0.2) is 53.7 Å². The van der Waals surface area contributed by atoms with E-state index in [0.717, 1.165) is 5.56 Å². The molecule has 0 aliphatic heterocycles. The minimum atomic E-state index is -0.337. The van der Waals surface area contributed by atoms with E-state index in [1.807, 2.05) is 36.7 Å². The van der Waals surface area contributed by atoms with Gasteiger partial charge in [0.15, 0.2) is 17.1 Å². The summed E-state index contributed by atoms with van der Waals surface area (Å²) in [5.41, 5.74) is 0.833. The first-order valence-electron chi connectivity index (χ1n) is 9.30. The molecule has 0 spiro atoms. The second kappa shape index (κ2) is 10.1. The maximum Gasteiger partial charge on any atom is 0.230 e. The van der Waals surface area contributed by atoms with Gasteiger partial charge in [-0.05, 0) is 36.8 Å². The first kappa shape index (κ1) is 21.6. The van der Waals surface area contributed by atoms with Gasteiger partial charge in [-0.2, -0.15) is 0 Å². The molecule has 158 valence electrons. The lowest BCUT2D eigenvalue weighted by Gasteiger charge is -2.14. The highest BCUT2D eigenvalue weighted by molar-refractivity contribution is 7.99. The molecular formula is C21H23FN4O3S. The van der Waals surface area contributed by atoms with Crippen molar-refractivity contribution in [2.75, 3.05) is 12.9 Å². The zero-order valence-corrected chi connectivity index (χ0v) is 17.8. The summed E-state index contributed by atoms with van der Waals surface area (Å²) in [6, 6.07) is 13.4. The van der Waals surface area contributed by atoms with Crippen LogP contribution in [0.3, 0.4) is 0 Å². The zero-order valence-electron chi connectivity index (χ0n) is 17.0. The molecule has 30 heavy (non-hydrogen) atoms. The Bertz CT molecular complexity index is 994. The lowest BCUT2D eigenvalue weighted by atomic mass is 10.2. The number of aromatic nitrogens is 3. The number of hydrogen-bond donors (Lipinski definition) is 1. The highest BCUT2D eigenvalue weighted by Crippen LogP contribution is 2.26. The van der Waals surface area contributed by atoms with Crippen molar-refractivity contribution < 1.29 is 18.7 Å². The van der Waals surface area contributed by atoms with Crippen LogP contribution < -0.4 is 14.8 Å². The SMILES string of the molecule is COc1cccc(OC(C)c2nnc(SCC(=O)NCc3ccc(F)cc3)n2C)c1. The fraction of sp³-hybridized carbons (Fsp3) is 0.286. The molecular weight excluding hydrogens is 407 g/mol. The highest BCUT2D eigenvalue weighted by Gasteiger charge is 2.18. The fourth-order valence-corrected chi connectivity index (χ4v) is 3.47. The molecule has 0 aliphatic rings. The third kappa shape index (κ3) is 5.73. The van der Waals surface area contributed by atoms with Gasteiger partial charge in [-0.25, -0.2) is 4.39 Å². The number of amides is 1. The molecule has 0 radical (unpaired) electrons. The van der Waals surface area contributed by atoms with Gasteiger partial charge in [-0.3, -0.25) is 4.79 Å². The van der Waals surface area contributed by atoms with Crippen LogP contribution in [0.25, 0.3) is 0 Å². The van der Waals surface area contributed by atoms with Gasteiger partial charge in [-0.1, -0.05) is 30.0 Å². The van der Waals surface area contributed by atoms with Gasteiger partial charge in [0.25, 0.3) is 0 Å². The van der Waals surface area contributed by atoms with Crippen molar-refractivity contribution in [1.82, 2.24) is 20.1 Å². The maximum absolute atomic E-state index is 12.9. The molecule has 3 rings (SSSR count). The Labute approximate surface area is 178 Å². The molecule has 0 aliphatic carbocycles. The Morgan fingerprint density at radius 1 is 1.20 bits per heavy atom. The number of halogens is 1. The number of ether oxygens (including phenoxy) is 2. The van der Waals surface area contributed by atoms with Crippen LogP contribution in [0.1, 0.15) is 24.4 Å². The fourth-order valence-electron chi connectivity index (χ4n) is 2.72. The summed E-state index contributed by atoms with van der Waals surface area (Å²) in [6.07, 6.45) is -0.337. The molecule has 0 saturated heterocycles. The van der Waals surface area contributed by atoms with Crippen molar-refractivity contribution >= 4 is 17.7 Å². The molecule has 0 bridgehead atoms. The second-order valence-corrected chi connectivity index (χ2v) is 7.47. The van der Waals surface area contributed by atoms with Gasteiger partial charge in [0, 0.05) is 19.7 Å². The highest BCUT2D eigenvalue weighted by atomic mass is 32.2. The van der Waals surface area contributed by atoms with E-state index in [1.165, 1.54) is 23.9 Å². The monoisotopic (exact) mass is 430 g/mol. The zero-order chi connectivity index (χ0) is 21.5. The van der Waals surface area contributed by atoms with E-state index < -0.39 is 0 Å². The minimum absolute atomic E-state index is 0.144. The van der Waals surface area contributed by atoms with Gasteiger partial charge in [0.05, 0.1) is 12.9 Å². The van der Waals surface area contributed by atoms with E-state index >= 15 is 0 Å². The van der Waals surface area contributed by atoms with E-state index in [9.17, 15) is 9.18 Å². The third-order valence-corrected chi connectivity index (χ3v) is 5.34. The number of rotatable bonds is 9. The summed E-state index contributed by atoms with van der Waals surface area (Å²) < 4.78 is 25.9. The predicted octanol–water partition coefficient (Wildman–Crippen LogP) is 3.51. The molecule has 1 atom stereocenters. The molecule has 1 aromatic heterocycles. The Morgan fingerprint density at radius 2 is 1.93 bits per heavy atom. The van der Waals surface area contributed by atoms with Crippen molar-refractivity contribution in [1.29, 1.82) is 0 Å². The normalized spacial score (nSPS) is 11.7. The lowest BCUT2D eigenvalue weighted by Crippen LogP contribution is -2.24. The summed E-state index contributed by atoms with van der Waals surface area (Å²) in [4.78, 5) is 12.1. The molecule has 1 heterocycles. The molecule has 0 fully saturated rings. The minimum Gasteiger partial charge on any atom is -0.497 e. The number of carbonyl (C=O) groups excluding carboxylic acids is 1. The van der Waals surface area contributed by atoms with Gasteiger partial charge >= 0.3 is 0 Å². The molecule has 7 nitrogen and oxygen atoms in total. The Balaban J connectivity index is 1.52. The van der Waals surface area contributed by atoms with Gasteiger partial charge in [0.1, 0.15) is 17.3 Å². The molecule has 9 heteroatoms. The van der Waals surface area contributed by atoms with Crippen LogP contribution in [0, 0.1) is 5.82 Å². The van der Waals surface area contributed by atoms with Crippen molar-refractivity contribution in [3.05, 3.63) is 65.7 Å². The van der Waals surface area contributed by atoms with Crippen LogP contribution in [0.5, 0.6) is 11.5 Å². The van der Waals surface area contributed by atoms with Crippen molar-refractivity contribution in [3.8, 4) is 11.5 Å². The van der Waals surface area contributed by atoms with E-state index in [0.29, 0.717) is 29.0 Å². The Kier molecular flexibility index (Phi) is 7.29. The largest absolute Gasteiger partial charge is 0.497 e. The molecule has 3 aromatic rings. The Hall–Kier alpha value is -3.07. The van der Waals surface area contributed by atoms with Crippen LogP contribution in [0.4, 0.5) is 4.39 Å². The van der Waals surface area contributed by atoms with Crippen LogP contribution in [0.2, 0.25) is 0 Å². The number of nitrogens with zero attached hydrogens (tertiary/aromatic N) is 3. The van der Waals surface area contributed by atoms with Crippen LogP contribution in [-0.2, 0) is 18.4 Å². The average molecular weight is 431 g/mol. The van der Waals surface area contributed by atoms with Crippen molar-refractivity contribution in [2.24, 2.45) is 7.05 Å². The second-order valence-electron chi connectivity index (χ2n) is 6.53. The average Bonchev–Trinajstić information content (AvgIpc) is 3.12. The third-order valence-electron chi connectivity index (χ3n) is 4.32. The smallest absolute Gasteiger partial charge is 0.230 e. The molecule has 1 amide bonds. The number of benzene rings is 2. The van der Waals surface area contributed by atoms with E-state index in [-0.39, 0.29) is 23.6 Å². The number of nitrogens with one attached hydrogen (secondary N) is 1. The summed E-state index contributed by atoms with van der Waals surface area (Å²) in [5, 5.41) is 11.8. The lowest BCUT2D eigenvalue weighted by molar-refractivity contribution is -0.118. The Morgan fingerprint density at radius 3 is 2.67 bits per heavy atom. The molecule has 0 saturated carbocycles. The van der Waals surface area contributed by atoms with Crippen molar-refractivity contribution in [2.45, 2.75) is 24.7 Å². The predicted molar refractivity (Wildman–Crippen MR) is 112 cm³/mol. The van der Waals surface area contributed by atoms with Crippen LogP contribution in [-0.4, -0.2) is 33.5 Å². The first-order valence-corrected chi connectivity index (χ1v) is 10.3. The summed E-state index contributed by atoms with van der Waals surface area (Å²) in [5.74, 6) is 1.77. The number of methoxy groups -OCH3 is 1. The number of carbonyl (C=O) groups is 1. The van der Waals surface area contributed by atoms with Gasteiger partial charge in [0.2, 0.25) is 5.91 Å². The van der Waals surface area contributed by atoms with E-state index in [4.69, 9.17) is 9.47 Å². The molecule has 1 unspecified atom stereocenters. The maximum atomic E-state index is 12.9.